The average Bonchev–Trinajstić information content (AvgIpc) is 1.86. The molecule has 0 heterocycles. The van der Waals surface area contributed by atoms with Gasteiger partial charge >= 0.3 is 0 Å². The maximum atomic E-state index is 3.51. The second-order valence-corrected chi connectivity index (χ2v) is 3.84. The van der Waals surface area contributed by atoms with Crippen molar-refractivity contribution in [3.05, 3.63) is 0 Å². The minimum atomic E-state index is 0.696. The fourth-order valence-corrected chi connectivity index (χ4v) is 1.32. The summed E-state index contributed by atoms with van der Waals surface area (Å²) in [5, 5.41) is 3.51. The molecule has 0 rings (SSSR count). The van der Waals surface area contributed by atoms with Gasteiger partial charge in [-0.25, -0.2) is 0 Å². The molecule has 68 valence electrons. The summed E-state index contributed by atoms with van der Waals surface area (Å²) in [6.07, 6.45) is 3.90. The Hall–Kier alpha value is -0.0400. The van der Waals surface area contributed by atoms with Gasteiger partial charge in [0.1, 0.15) is 0 Å². The Morgan fingerprint density at radius 2 is 1.82 bits per heavy atom. The van der Waals surface area contributed by atoms with Gasteiger partial charge in [-0.3, -0.25) is 0 Å². The maximum absolute atomic E-state index is 3.51. The molecular formula is C10H23N. The second kappa shape index (κ2) is 6.66. The maximum Gasteiger partial charge on any atom is 0.00411 e. The molecule has 1 heteroatoms. The molecule has 11 heavy (non-hydrogen) atoms. The van der Waals surface area contributed by atoms with Crippen molar-refractivity contribution < 1.29 is 0 Å². The monoisotopic (exact) mass is 157 g/mol. The van der Waals surface area contributed by atoms with E-state index in [2.05, 4.69) is 33.0 Å². The molecule has 0 spiro atoms. The molecule has 0 saturated carbocycles. The number of unbranched alkanes of at least 4 members (excludes halogenated alkanes) is 1. The highest BCUT2D eigenvalue weighted by atomic mass is 14.9. The minimum absolute atomic E-state index is 0.696. The predicted octanol–water partition coefficient (Wildman–Crippen LogP) is 2.81. The standard InChI is InChI=1S/C10H23N/c1-5-6-7-11-10(4)8-9(2)3/h9-11H,5-8H2,1-4H3. The molecule has 0 aliphatic heterocycles. The van der Waals surface area contributed by atoms with E-state index in [4.69, 9.17) is 0 Å². The third kappa shape index (κ3) is 7.86. The first-order valence-corrected chi connectivity index (χ1v) is 4.90. The largest absolute Gasteiger partial charge is 0.314 e. The van der Waals surface area contributed by atoms with Crippen molar-refractivity contribution >= 4 is 0 Å². The van der Waals surface area contributed by atoms with Crippen LogP contribution in [0.15, 0.2) is 0 Å². The van der Waals surface area contributed by atoms with E-state index < -0.39 is 0 Å². The van der Waals surface area contributed by atoms with Gasteiger partial charge in [0.2, 0.25) is 0 Å². The van der Waals surface area contributed by atoms with E-state index in [1.54, 1.807) is 0 Å². The summed E-state index contributed by atoms with van der Waals surface area (Å²) in [4.78, 5) is 0. The third-order valence-corrected chi connectivity index (χ3v) is 1.85. The molecule has 0 fully saturated rings. The van der Waals surface area contributed by atoms with Crippen molar-refractivity contribution in [3.63, 3.8) is 0 Å². The van der Waals surface area contributed by atoms with E-state index in [0.29, 0.717) is 6.04 Å². The van der Waals surface area contributed by atoms with Crippen LogP contribution in [0.1, 0.15) is 47.0 Å². The van der Waals surface area contributed by atoms with Crippen LogP contribution in [-0.4, -0.2) is 12.6 Å². The summed E-state index contributed by atoms with van der Waals surface area (Å²) in [5.74, 6) is 0.819. The lowest BCUT2D eigenvalue weighted by atomic mass is 10.1. The Bertz CT molecular complexity index is 78.9. The molecule has 0 radical (unpaired) electrons. The smallest absolute Gasteiger partial charge is 0.00411 e. The SMILES string of the molecule is CCCCNC(C)CC(C)C. The Morgan fingerprint density at radius 1 is 1.18 bits per heavy atom. The summed E-state index contributed by atoms with van der Waals surface area (Å²) in [6.45, 7) is 10.2. The van der Waals surface area contributed by atoms with Crippen LogP contribution in [0.2, 0.25) is 0 Å². The van der Waals surface area contributed by atoms with E-state index >= 15 is 0 Å². The van der Waals surface area contributed by atoms with Crippen LogP contribution in [-0.2, 0) is 0 Å². The normalized spacial score (nSPS) is 13.9. The molecule has 1 unspecified atom stereocenters. The van der Waals surface area contributed by atoms with Gasteiger partial charge in [0, 0.05) is 6.04 Å². The molecule has 0 aliphatic rings. The van der Waals surface area contributed by atoms with Crippen molar-refractivity contribution in [2.24, 2.45) is 5.92 Å². The first-order chi connectivity index (χ1) is 5.16. The Morgan fingerprint density at radius 3 is 2.27 bits per heavy atom. The summed E-state index contributed by atoms with van der Waals surface area (Å²) in [7, 11) is 0. The summed E-state index contributed by atoms with van der Waals surface area (Å²) >= 11 is 0. The van der Waals surface area contributed by atoms with Crippen molar-refractivity contribution in [1.82, 2.24) is 5.32 Å². The first-order valence-electron chi connectivity index (χ1n) is 4.90. The van der Waals surface area contributed by atoms with E-state index in [1.165, 1.54) is 25.8 Å². The minimum Gasteiger partial charge on any atom is -0.314 e. The lowest BCUT2D eigenvalue weighted by molar-refractivity contribution is 0.438. The van der Waals surface area contributed by atoms with Gasteiger partial charge in [-0.2, -0.15) is 0 Å². The van der Waals surface area contributed by atoms with Crippen molar-refractivity contribution in [3.8, 4) is 0 Å². The zero-order valence-electron chi connectivity index (χ0n) is 8.48. The highest BCUT2D eigenvalue weighted by Crippen LogP contribution is 2.03. The van der Waals surface area contributed by atoms with Gasteiger partial charge in [-0.1, -0.05) is 27.2 Å². The average molecular weight is 157 g/mol. The van der Waals surface area contributed by atoms with E-state index in [0.717, 1.165) is 5.92 Å². The van der Waals surface area contributed by atoms with Crippen LogP contribution in [0, 0.1) is 5.92 Å². The Labute approximate surface area is 71.6 Å². The van der Waals surface area contributed by atoms with Gasteiger partial charge in [0.25, 0.3) is 0 Å². The second-order valence-electron chi connectivity index (χ2n) is 3.84. The molecule has 0 aromatic heterocycles. The van der Waals surface area contributed by atoms with Gasteiger partial charge in [-0.15, -0.1) is 0 Å². The summed E-state index contributed by atoms with van der Waals surface area (Å²) in [6, 6.07) is 0.696. The first kappa shape index (κ1) is 11.0. The lowest BCUT2D eigenvalue weighted by Crippen LogP contribution is -2.28. The predicted molar refractivity (Wildman–Crippen MR) is 51.8 cm³/mol. The van der Waals surface area contributed by atoms with Crippen LogP contribution < -0.4 is 5.32 Å². The molecule has 1 N–H and O–H groups in total. The zero-order chi connectivity index (χ0) is 8.69. The van der Waals surface area contributed by atoms with Crippen molar-refractivity contribution in [2.45, 2.75) is 53.0 Å². The van der Waals surface area contributed by atoms with Gasteiger partial charge in [0.05, 0.1) is 0 Å². The Balaban J connectivity index is 3.15. The molecule has 0 aromatic carbocycles. The van der Waals surface area contributed by atoms with E-state index in [-0.39, 0.29) is 0 Å². The lowest BCUT2D eigenvalue weighted by Gasteiger charge is -2.15. The van der Waals surface area contributed by atoms with Crippen LogP contribution >= 0.6 is 0 Å². The molecule has 0 amide bonds. The molecule has 0 saturated heterocycles. The molecular weight excluding hydrogens is 134 g/mol. The topological polar surface area (TPSA) is 12.0 Å². The van der Waals surface area contributed by atoms with Crippen LogP contribution in [0.3, 0.4) is 0 Å². The molecule has 1 atom stereocenters. The molecule has 0 bridgehead atoms. The zero-order valence-corrected chi connectivity index (χ0v) is 8.48. The number of rotatable bonds is 6. The highest BCUT2D eigenvalue weighted by Gasteiger charge is 2.02. The highest BCUT2D eigenvalue weighted by molar-refractivity contribution is 4.61. The molecule has 0 aliphatic carbocycles. The quantitative estimate of drug-likeness (QED) is 0.585. The van der Waals surface area contributed by atoms with Gasteiger partial charge in [0.15, 0.2) is 0 Å². The fourth-order valence-electron chi connectivity index (χ4n) is 1.32. The van der Waals surface area contributed by atoms with Crippen molar-refractivity contribution in [2.75, 3.05) is 6.54 Å². The van der Waals surface area contributed by atoms with E-state index in [1.807, 2.05) is 0 Å². The van der Waals surface area contributed by atoms with E-state index in [9.17, 15) is 0 Å². The summed E-state index contributed by atoms with van der Waals surface area (Å²) in [5.41, 5.74) is 0. The van der Waals surface area contributed by atoms with Gasteiger partial charge < -0.3 is 5.32 Å². The fraction of sp³-hybridized carbons (Fsp3) is 1.00. The molecule has 0 aromatic rings. The van der Waals surface area contributed by atoms with Crippen molar-refractivity contribution in [1.29, 1.82) is 0 Å². The van der Waals surface area contributed by atoms with Crippen LogP contribution in [0.5, 0.6) is 0 Å². The third-order valence-electron chi connectivity index (χ3n) is 1.85. The number of hydrogen-bond donors (Lipinski definition) is 1. The number of hydrogen-bond acceptors (Lipinski definition) is 1. The van der Waals surface area contributed by atoms with Gasteiger partial charge in [-0.05, 0) is 32.2 Å². The summed E-state index contributed by atoms with van der Waals surface area (Å²) < 4.78 is 0. The van der Waals surface area contributed by atoms with Crippen LogP contribution in [0.4, 0.5) is 0 Å². The number of nitrogens with one attached hydrogen (secondary N) is 1. The molecule has 1 nitrogen and oxygen atoms in total. The van der Waals surface area contributed by atoms with Crippen LogP contribution in [0.25, 0.3) is 0 Å². The Kier molecular flexibility index (Phi) is 6.63.